The van der Waals surface area contributed by atoms with Gasteiger partial charge in [-0.15, -0.1) is 0 Å². The number of hydrogen-bond acceptors (Lipinski definition) is 4. The van der Waals surface area contributed by atoms with Crippen molar-refractivity contribution in [1.82, 2.24) is 19.7 Å². The van der Waals surface area contributed by atoms with Crippen LogP contribution in [0.2, 0.25) is 5.02 Å². The Morgan fingerprint density at radius 1 is 1.31 bits per heavy atom. The molecular formula is C24H26ClFN4O2. The van der Waals surface area contributed by atoms with E-state index < -0.39 is 11.4 Å². The molecule has 0 amide bonds. The second-order valence-electron chi connectivity index (χ2n) is 8.68. The molecule has 168 valence electrons. The molecule has 0 aliphatic rings. The molecule has 2 N–H and O–H groups in total. The molecule has 1 aromatic carbocycles. The van der Waals surface area contributed by atoms with Crippen LogP contribution in [0.3, 0.4) is 0 Å². The summed E-state index contributed by atoms with van der Waals surface area (Å²) >= 11 is 6.33. The summed E-state index contributed by atoms with van der Waals surface area (Å²) in [5.74, 6) is -0.188. The molecule has 3 aromatic heterocycles. The molecule has 0 fully saturated rings. The molecule has 6 nitrogen and oxygen atoms in total. The standard InChI is InChI=1S/C24H26ClFN4O2/c1-13(21-20(32-5)7-6-19(26)22(21)25)17-10-28-23-16(17)8-15(9-27-23)18-11-29-30(14(18)2)12-24(3,4)31/h6-11,13,31H,12H2,1-5H3,(H,27,28). The summed E-state index contributed by atoms with van der Waals surface area (Å²) in [6.45, 7) is 7.82. The van der Waals surface area contributed by atoms with E-state index >= 15 is 0 Å². The van der Waals surface area contributed by atoms with Gasteiger partial charge in [-0.3, -0.25) is 4.68 Å². The van der Waals surface area contributed by atoms with Crippen molar-refractivity contribution in [2.45, 2.75) is 45.8 Å². The lowest BCUT2D eigenvalue weighted by Gasteiger charge is -2.18. The van der Waals surface area contributed by atoms with E-state index in [4.69, 9.17) is 16.3 Å². The first kappa shape index (κ1) is 22.3. The summed E-state index contributed by atoms with van der Waals surface area (Å²) < 4.78 is 21.5. The molecule has 32 heavy (non-hydrogen) atoms. The zero-order valence-electron chi connectivity index (χ0n) is 18.7. The van der Waals surface area contributed by atoms with Crippen LogP contribution >= 0.6 is 11.6 Å². The second-order valence-corrected chi connectivity index (χ2v) is 9.05. The van der Waals surface area contributed by atoms with Crippen molar-refractivity contribution in [2.24, 2.45) is 0 Å². The predicted octanol–water partition coefficient (Wildman–Crippen LogP) is 5.46. The van der Waals surface area contributed by atoms with Crippen LogP contribution in [-0.4, -0.2) is 37.6 Å². The number of nitrogens with one attached hydrogen (secondary N) is 1. The quantitative estimate of drug-likeness (QED) is 0.404. The van der Waals surface area contributed by atoms with Crippen LogP contribution in [0, 0.1) is 12.7 Å². The van der Waals surface area contributed by atoms with Crippen LogP contribution < -0.4 is 4.74 Å². The zero-order valence-corrected chi connectivity index (χ0v) is 19.5. The SMILES string of the molecule is COc1ccc(F)c(Cl)c1C(C)c1c[nH]c2ncc(-c3cnn(CC(C)(C)O)c3C)cc12. The lowest BCUT2D eigenvalue weighted by molar-refractivity contribution is 0.0571. The number of pyridine rings is 1. The maximum Gasteiger partial charge on any atom is 0.142 e. The van der Waals surface area contributed by atoms with E-state index in [9.17, 15) is 9.50 Å². The van der Waals surface area contributed by atoms with Crippen molar-refractivity contribution in [3.63, 3.8) is 0 Å². The molecular weight excluding hydrogens is 431 g/mol. The smallest absolute Gasteiger partial charge is 0.142 e. The minimum atomic E-state index is -0.872. The van der Waals surface area contributed by atoms with E-state index in [1.54, 1.807) is 44.1 Å². The summed E-state index contributed by atoms with van der Waals surface area (Å²) in [6, 6.07) is 4.94. The maximum absolute atomic E-state index is 14.2. The average molecular weight is 457 g/mol. The number of aromatic amines is 1. The van der Waals surface area contributed by atoms with E-state index in [1.165, 1.54) is 6.07 Å². The summed E-state index contributed by atoms with van der Waals surface area (Å²) in [5, 5.41) is 15.6. The van der Waals surface area contributed by atoms with Gasteiger partial charge >= 0.3 is 0 Å². The third-order valence-corrected chi connectivity index (χ3v) is 6.11. The summed E-state index contributed by atoms with van der Waals surface area (Å²) in [6.07, 6.45) is 5.45. The minimum absolute atomic E-state index is 0.0547. The minimum Gasteiger partial charge on any atom is -0.496 e. The van der Waals surface area contributed by atoms with Crippen molar-refractivity contribution < 1.29 is 14.2 Å². The first-order valence-electron chi connectivity index (χ1n) is 10.3. The van der Waals surface area contributed by atoms with Crippen molar-refractivity contribution in [3.05, 3.63) is 64.5 Å². The normalized spacial score (nSPS) is 13.0. The van der Waals surface area contributed by atoms with Crippen molar-refractivity contribution in [1.29, 1.82) is 0 Å². The topological polar surface area (TPSA) is 76.0 Å². The van der Waals surface area contributed by atoms with Crippen LogP contribution in [0.4, 0.5) is 4.39 Å². The molecule has 0 spiro atoms. The van der Waals surface area contributed by atoms with Gasteiger partial charge in [0, 0.05) is 46.1 Å². The van der Waals surface area contributed by atoms with Gasteiger partial charge in [0.1, 0.15) is 17.2 Å². The first-order valence-corrected chi connectivity index (χ1v) is 10.7. The molecule has 3 heterocycles. The second kappa shape index (κ2) is 8.22. The number of fused-ring (bicyclic) bond motifs is 1. The average Bonchev–Trinajstić information content (AvgIpc) is 3.31. The van der Waals surface area contributed by atoms with E-state index in [0.717, 1.165) is 33.4 Å². The number of aromatic nitrogens is 4. The molecule has 8 heteroatoms. The molecule has 0 saturated carbocycles. The Morgan fingerprint density at radius 2 is 2.06 bits per heavy atom. The van der Waals surface area contributed by atoms with E-state index in [1.807, 2.05) is 26.1 Å². The van der Waals surface area contributed by atoms with Crippen LogP contribution in [0.15, 0.2) is 36.8 Å². The number of methoxy groups -OCH3 is 1. The molecule has 0 bridgehead atoms. The Bertz CT molecular complexity index is 1290. The lowest BCUT2D eigenvalue weighted by Crippen LogP contribution is -2.27. The Morgan fingerprint density at radius 3 is 2.75 bits per heavy atom. The molecule has 4 aromatic rings. The largest absolute Gasteiger partial charge is 0.496 e. The highest BCUT2D eigenvalue weighted by Crippen LogP contribution is 2.41. The fraction of sp³-hybridized carbons (Fsp3) is 0.333. The Hall–Kier alpha value is -2.90. The zero-order chi connectivity index (χ0) is 23.2. The van der Waals surface area contributed by atoms with Crippen molar-refractivity contribution in [2.75, 3.05) is 7.11 Å². The van der Waals surface area contributed by atoms with Crippen LogP contribution in [0.25, 0.3) is 22.2 Å². The molecule has 0 saturated heterocycles. The third-order valence-electron chi connectivity index (χ3n) is 5.73. The number of halogens is 2. The van der Waals surface area contributed by atoms with E-state index in [0.29, 0.717) is 17.9 Å². The number of ether oxygens (including phenoxy) is 1. The van der Waals surface area contributed by atoms with Gasteiger partial charge in [0.05, 0.1) is 30.5 Å². The highest BCUT2D eigenvalue weighted by molar-refractivity contribution is 6.31. The molecule has 0 aliphatic carbocycles. The fourth-order valence-electron chi connectivity index (χ4n) is 4.07. The Balaban J connectivity index is 1.80. The molecule has 4 rings (SSSR count). The summed E-state index contributed by atoms with van der Waals surface area (Å²) in [7, 11) is 1.54. The Kier molecular flexibility index (Phi) is 5.73. The van der Waals surface area contributed by atoms with Gasteiger partial charge in [0.25, 0.3) is 0 Å². The molecule has 0 aliphatic heterocycles. The van der Waals surface area contributed by atoms with Crippen molar-refractivity contribution >= 4 is 22.6 Å². The maximum atomic E-state index is 14.2. The Labute approximate surface area is 191 Å². The van der Waals surface area contributed by atoms with Gasteiger partial charge in [-0.1, -0.05) is 18.5 Å². The third kappa shape index (κ3) is 3.98. The van der Waals surface area contributed by atoms with Gasteiger partial charge in [-0.05, 0) is 44.5 Å². The van der Waals surface area contributed by atoms with Gasteiger partial charge in [-0.25, -0.2) is 9.37 Å². The van der Waals surface area contributed by atoms with Crippen molar-refractivity contribution in [3.8, 4) is 16.9 Å². The van der Waals surface area contributed by atoms with E-state index in [-0.39, 0.29) is 10.9 Å². The first-order chi connectivity index (χ1) is 15.1. The number of H-pyrrole nitrogens is 1. The van der Waals surface area contributed by atoms with Gasteiger partial charge in [0.2, 0.25) is 0 Å². The highest BCUT2D eigenvalue weighted by atomic mass is 35.5. The van der Waals surface area contributed by atoms with Crippen LogP contribution in [0.5, 0.6) is 5.75 Å². The fourth-order valence-corrected chi connectivity index (χ4v) is 4.39. The number of aliphatic hydroxyl groups is 1. The monoisotopic (exact) mass is 456 g/mol. The van der Waals surface area contributed by atoms with Gasteiger partial charge < -0.3 is 14.8 Å². The highest BCUT2D eigenvalue weighted by Gasteiger charge is 2.23. The van der Waals surface area contributed by atoms with Gasteiger partial charge in [-0.2, -0.15) is 5.10 Å². The number of rotatable bonds is 6. The number of hydrogen-bond donors (Lipinski definition) is 2. The molecule has 0 radical (unpaired) electrons. The van der Waals surface area contributed by atoms with E-state index in [2.05, 4.69) is 15.1 Å². The number of nitrogens with zero attached hydrogens (tertiary/aromatic N) is 3. The van der Waals surface area contributed by atoms with Crippen LogP contribution in [0.1, 0.15) is 43.5 Å². The van der Waals surface area contributed by atoms with Crippen LogP contribution in [-0.2, 0) is 6.54 Å². The summed E-state index contributed by atoms with van der Waals surface area (Å²) in [5.41, 5.74) is 4.16. The lowest BCUT2D eigenvalue weighted by atomic mass is 9.91. The molecule has 1 atom stereocenters. The van der Waals surface area contributed by atoms with Gasteiger partial charge in [0.15, 0.2) is 0 Å². The number of benzene rings is 1. The molecule has 1 unspecified atom stereocenters. The predicted molar refractivity (Wildman–Crippen MR) is 124 cm³/mol. The summed E-state index contributed by atoms with van der Waals surface area (Å²) in [4.78, 5) is 7.78.